The molecule has 0 N–H and O–H groups in total. The summed E-state index contributed by atoms with van der Waals surface area (Å²) in [6.45, 7) is 19.5. The molecule has 4 unspecified atom stereocenters. The van der Waals surface area contributed by atoms with Crippen LogP contribution < -0.4 is 4.68 Å². The summed E-state index contributed by atoms with van der Waals surface area (Å²) < 4.78 is 2.15. The fraction of sp³-hybridized carbons (Fsp3) is 0.512. The van der Waals surface area contributed by atoms with E-state index in [1.54, 1.807) is 11.3 Å². The molecule has 2 aromatic heterocycles. The van der Waals surface area contributed by atoms with Crippen molar-refractivity contribution in [2.75, 3.05) is 0 Å². The van der Waals surface area contributed by atoms with Crippen molar-refractivity contribution in [3.63, 3.8) is 0 Å². The average Bonchev–Trinajstić information content (AvgIpc) is 3.74. The summed E-state index contributed by atoms with van der Waals surface area (Å²) in [6.07, 6.45) is 3.22. The number of hydrogen-bond donors (Lipinski definition) is 0. The molecule has 0 spiro atoms. The molecule has 0 saturated heterocycles. The molecule has 2 aromatic carbocycles. The van der Waals surface area contributed by atoms with Crippen molar-refractivity contribution in [1.29, 1.82) is 0 Å². The zero-order valence-electron chi connectivity index (χ0n) is 30.9. The second kappa shape index (κ2) is 13.2. The molecule has 2 fully saturated rings. The highest BCUT2D eigenvalue weighted by Gasteiger charge is 2.44. The number of aryl methyl sites for hydroxylation is 6. The van der Waals surface area contributed by atoms with E-state index in [1.807, 2.05) is 25.7 Å². The SMILES string of the molecule is Cc1cc(C)c(C2CCC(Cc3nn(C)[n+](Cc4cc(C)c(C5C(=O)CC(Cc6nc(C(C)(C)C)cs6)C5=O)c(C)c4)c3C)C2=O)c(C)c1. The molecular weight excluding hydrogens is 629 g/mol. The van der Waals surface area contributed by atoms with Crippen LogP contribution in [0.15, 0.2) is 29.6 Å². The van der Waals surface area contributed by atoms with E-state index in [9.17, 15) is 14.4 Å². The first-order valence-electron chi connectivity index (χ1n) is 17.7. The molecule has 49 heavy (non-hydrogen) atoms. The molecule has 0 amide bonds. The Labute approximate surface area is 295 Å². The standard InChI is InChI=1S/C41H51N4O3S/c1-22-13-23(2)36(24(3)14-22)31-12-11-29(39(31)47)17-32-27(6)45(44(10)43-32)20-28-15-25(4)37(26(5)16-28)38-33(46)18-30(40(38)48)19-35-42-34(21-49-35)41(7,8)9/h13-16,21,29-31,38H,11-12,17-20H2,1-10H3/q+1. The molecule has 0 bridgehead atoms. The Balaban J connectivity index is 1.16. The van der Waals surface area contributed by atoms with E-state index in [0.29, 0.717) is 25.2 Å². The van der Waals surface area contributed by atoms with Gasteiger partial charge >= 0.3 is 0 Å². The van der Waals surface area contributed by atoms with E-state index < -0.39 is 5.92 Å². The minimum atomic E-state index is -0.709. The van der Waals surface area contributed by atoms with E-state index >= 15 is 0 Å². The quantitative estimate of drug-likeness (QED) is 0.146. The van der Waals surface area contributed by atoms with Gasteiger partial charge in [0.15, 0.2) is 11.5 Å². The molecule has 0 aliphatic heterocycles. The molecule has 258 valence electrons. The number of carbonyl (C=O) groups excluding carboxylic acids is 3. The predicted octanol–water partition coefficient (Wildman–Crippen LogP) is 7.15. The number of Topliss-reactive ketones (excluding diaryl/α,β-unsaturated/α-hetero) is 3. The van der Waals surface area contributed by atoms with Crippen LogP contribution in [-0.4, -0.2) is 32.2 Å². The first kappa shape index (κ1) is 35.1. The number of ketones is 3. The Morgan fingerprint density at radius 3 is 2.08 bits per heavy atom. The van der Waals surface area contributed by atoms with Crippen molar-refractivity contribution < 1.29 is 19.1 Å². The lowest BCUT2D eigenvalue weighted by molar-refractivity contribution is -0.775. The molecule has 7 nitrogen and oxygen atoms in total. The lowest BCUT2D eigenvalue weighted by Crippen LogP contribution is -2.45. The van der Waals surface area contributed by atoms with E-state index in [0.717, 1.165) is 57.2 Å². The van der Waals surface area contributed by atoms with Gasteiger partial charge in [0.05, 0.1) is 17.7 Å². The van der Waals surface area contributed by atoms with Gasteiger partial charge in [-0.1, -0.05) is 50.6 Å². The number of rotatable bonds is 8. The van der Waals surface area contributed by atoms with E-state index in [1.165, 1.54) is 22.3 Å². The van der Waals surface area contributed by atoms with Gasteiger partial charge in [0.1, 0.15) is 24.0 Å². The summed E-state index contributed by atoms with van der Waals surface area (Å²) in [7, 11) is 1.95. The van der Waals surface area contributed by atoms with Gasteiger partial charge in [-0.2, -0.15) is 4.68 Å². The number of aromatic nitrogens is 4. The lowest BCUT2D eigenvalue weighted by Gasteiger charge is -2.17. The lowest BCUT2D eigenvalue weighted by atomic mass is 9.86. The van der Waals surface area contributed by atoms with Crippen LogP contribution in [0, 0.1) is 53.4 Å². The normalized spacial score (nSPS) is 21.4. The summed E-state index contributed by atoms with van der Waals surface area (Å²) in [4.78, 5) is 47.5. The highest BCUT2D eigenvalue weighted by atomic mass is 32.1. The van der Waals surface area contributed by atoms with Crippen LogP contribution in [0.1, 0.15) is 118 Å². The average molecular weight is 680 g/mol. The van der Waals surface area contributed by atoms with Gasteiger partial charge in [-0.15, -0.1) is 11.3 Å². The maximum Gasteiger partial charge on any atom is 0.222 e. The number of carbonyl (C=O) groups is 3. The number of hydrogen-bond acceptors (Lipinski definition) is 6. The molecule has 4 aromatic rings. The van der Waals surface area contributed by atoms with Crippen LogP contribution in [0.25, 0.3) is 0 Å². The minimum Gasteiger partial charge on any atom is -0.299 e. The summed E-state index contributed by atoms with van der Waals surface area (Å²) in [5.41, 5.74) is 11.8. The Bertz CT molecular complexity index is 1930. The second-order valence-corrected chi connectivity index (χ2v) is 16.8. The maximum atomic E-state index is 13.7. The smallest absolute Gasteiger partial charge is 0.222 e. The summed E-state index contributed by atoms with van der Waals surface area (Å²) in [5.74, 6) is -0.722. The number of nitrogens with zero attached hydrogens (tertiary/aromatic N) is 4. The van der Waals surface area contributed by atoms with Gasteiger partial charge in [-0.3, -0.25) is 14.4 Å². The second-order valence-electron chi connectivity index (χ2n) is 15.9. The van der Waals surface area contributed by atoms with Gasteiger partial charge in [0.25, 0.3) is 0 Å². The first-order chi connectivity index (χ1) is 23.0. The number of thiazole rings is 1. The van der Waals surface area contributed by atoms with Gasteiger partial charge in [0, 0.05) is 59.8 Å². The molecule has 0 radical (unpaired) electrons. The molecule has 2 saturated carbocycles. The largest absolute Gasteiger partial charge is 0.299 e. The van der Waals surface area contributed by atoms with Crippen molar-refractivity contribution in [1.82, 2.24) is 14.9 Å². The van der Waals surface area contributed by atoms with Crippen LogP contribution in [0.3, 0.4) is 0 Å². The Kier molecular flexibility index (Phi) is 9.42. The zero-order chi connectivity index (χ0) is 35.5. The Morgan fingerprint density at radius 1 is 0.837 bits per heavy atom. The van der Waals surface area contributed by atoms with Crippen molar-refractivity contribution in [3.8, 4) is 0 Å². The molecule has 8 heteroatoms. The van der Waals surface area contributed by atoms with Crippen molar-refractivity contribution >= 4 is 28.7 Å². The number of benzene rings is 2. The van der Waals surface area contributed by atoms with Gasteiger partial charge in [0.2, 0.25) is 5.69 Å². The summed E-state index contributed by atoms with van der Waals surface area (Å²) in [6, 6.07) is 8.61. The predicted molar refractivity (Wildman–Crippen MR) is 193 cm³/mol. The summed E-state index contributed by atoms with van der Waals surface area (Å²) >= 11 is 1.58. The molecule has 2 aliphatic carbocycles. The highest BCUT2D eigenvalue weighted by Crippen LogP contribution is 2.40. The van der Waals surface area contributed by atoms with Gasteiger partial charge < -0.3 is 0 Å². The van der Waals surface area contributed by atoms with Crippen molar-refractivity contribution in [3.05, 3.63) is 96.2 Å². The third-order valence-electron chi connectivity index (χ3n) is 11.0. The molecular formula is C41H51N4O3S+. The zero-order valence-corrected chi connectivity index (χ0v) is 31.7. The molecule has 2 heterocycles. The molecule has 4 atom stereocenters. The van der Waals surface area contributed by atoms with Crippen LogP contribution in [-0.2, 0) is 46.2 Å². The van der Waals surface area contributed by atoms with E-state index in [-0.39, 0.29) is 41.2 Å². The van der Waals surface area contributed by atoms with Crippen LogP contribution in [0.2, 0.25) is 0 Å². The van der Waals surface area contributed by atoms with Crippen LogP contribution >= 0.6 is 11.3 Å². The van der Waals surface area contributed by atoms with E-state index in [2.05, 4.69) is 82.8 Å². The molecule has 6 rings (SSSR count). The molecule has 2 aliphatic rings. The third-order valence-corrected chi connectivity index (χ3v) is 11.8. The van der Waals surface area contributed by atoms with Crippen LogP contribution in [0.5, 0.6) is 0 Å². The topological polar surface area (TPSA) is 85.8 Å². The van der Waals surface area contributed by atoms with Gasteiger partial charge in [-0.05, 0) is 91.2 Å². The fourth-order valence-electron chi connectivity index (χ4n) is 8.55. The highest BCUT2D eigenvalue weighted by molar-refractivity contribution is 7.09. The monoisotopic (exact) mass is 679 g/mol. The maximum absolute atomic E-state index is 13.7. The van der Waals surface area contributed by atoms with Gasteiger partial charge in [-0.25, -0.2) is 4.98 Å². The first-order valence-corrected chi connectivity index (χ1v) is 18.6. The summed E-state index contributed by atoms with van der Waals surface area (Å²) in [5, 5.41) is 7.89. The fourth-order valence-corrected chi connectivity index (χ4v) is 9.65. The van der Waals surface area contributed by atoms with E-state index in [4.69, 9.17) is 10.1 Å². The Morgan fingerprint density at radius 2 is 1.47 bits per heavy atom. The van der Waals surface area contributed by atoms with Crippen molar-refractivity contribution in [2.24, 2.45) is 18.9 Å². The third kappa shape index (κ3) is 6.73. The van der Waals surface area contributed by atoms with Crippen molar-refractivity contribution in [2.45, 2.75) is 118 Å². The minimum absolute atomic E-state index is 0.0134. The Hall–Kier alpha value is -3.78. The van der Waals surface area contributed by atoms with Crippen LogP contribution in [0.4, 0.5) is 0 Å².